The average Bonchev–Trinajstić information content (AvgIpc) is 3.69. The van der Waals surface area contributed by atoms with Crippen molar-refractivity contribution in [2.75, 3.05) is 0 Å². The Balaban J connectivity index is 1.30. The highest BCUT2D eigenvalue weighted by atomic mass is 19.2. The van der Waals surface area contributed by atoms with Gasteiger partial charge in [-0.05, 0) is 29.3 Å². The van der Waals surface area contributed by atoms with E-state index >= 15 is 22.0 Å². The summed E-state index contributed by atoms with van der Waals surface area (Å²) in [6, 6.07) is 7.20. The predicted octanol–water partition coefficient (Wildman–Crippen LogP) is 10.5. The van der Waals surface area contributed by atoms with Crippen molar-refractivity contribution in [1.29, 1.82) is 5.26 Å². The van der Waals surface area contributed by atoms with E-state index in [-0.39, 0.29) is 59.9 Å². The van der Waals surface area contributed by atoms with E-state index in [1.165, 1.54) is 12.3 Å². The van der Waals surface area contributed by atoms with Gasteiger partial charge in [0.2, 0.25) is 6.19 Å². The Morgan fingerprint density at radius 2 is 0.932 bits per heavy atom. The van der Waals surface area contributed by atoms with Crippen LogP contribution in [0.3, 0.4) is 0 Å². The Morgan fingerprint density at radius 1 is 0.458 bits per heavy atom. The molecule has 0 radical (unpaired) electrons. The van der Waals surface area contributed by atoms with Gasteiger partial charge in [0, 0.05) is 32.5 Å². The van der Waals surface area contributed by atoms with Gasteiger partial charge in [0.15, 0.2) is 75.2 Å². The van der Waals surface area contributed by atoms with Crippen molar-refractivity contribution < 1.29 is 57.1 Å². The van der Waals surface area contributed by atoms with Gasteiger partial charge in [-0.2, -0.15) is 16.8 Å². The zero-order valence-electron chi connectivity index (χ0n) is 28.1. The Morgan fingerprint density at radius 3 is 1.53 bits per heavy atom. The molecule has 288 valence electrons. The second-order valence-corrected chi connectivity index (χ2v) is 12.8. The number of nitriles is 1. The summed E-state index contributed by atoms with van der Waals surface area (Å²) in [4.78, 5) is 15.9. The maximum Gasteiger partial charge on any atom is 0.206 e. The van der Waals surface area contributed by atoms with Crippen LogP contribution in [0, 0.1) is 93.7 Å². The summed E-state index contributed by atoms with van der Waals surface area (Å²) >= 11 is 0. The average molecular weight is 819 g/mol. The van der Waals surface area contributed by atoms with Crippen LogP contribution < -0.4 is 10.7 Å². The minimum absolute atomic E-state index is 0.00706. The first kappa shape index (κ1) is 36.9. The summed E-state index contributed by atoms with van der Waals surface area (Å²) in [6.07, 6.45) is 1.53. The van der Waals surface area contributed by atoms with Crippen LogP contribution >= 0.6 is 0 Å². The van der Waals surface area contributed by atoms with E-state index in [0.717, 1.165) is 30.3 Å². The summed E-state index contributed by atoms with van der Waals surface area (Å²) < 4.78 is 191. The van der Waals surface area contributed by atoms with Crippen molar-refractivity contribution in [2.24, 2.45) is 10.1 Å². The van der Waals surface area contributed by atoms with Crippen molar-refractivity contribution in [3.8, 4) is 28.4 Å². The molecule has 59 heavy (non-hydrogen) atoms. The topological polar surface area (TPSA) is 78.6 Å². The first-order valence-corrected chi connectivity index (χ1v) is 16.2. The molecule has 0 fully saturated rings. The van der Waals surface area contributed by atoms with Crippen molar-refractivity contribution in [2.45, 2.75) is 0 Å². The number of hydrogen-bond acceptors (Lipinski definition) is 5. The van der Waals surface area contributed by atoms with Gasteiger partial charge >= 0.3 is 0 Å². The molecule has 6 nitrogen and oxygen atoms in total. The lowest BCUT2D eigenvalue weighted by atomic mass is 9.96. The van der Waals surface area contributed by atoms with E-state index in [1.54, 1.807) is 0 Å². The highest BCUT2D eigenvalue weighted by Crippen LogP contribution is 2.41. The van der Waals surface area contributed by atoms with E-state index in [1.807, 2.05) is 0 Å². The molecule has 0 amide bonds. The molecular weight excluding hydrogens is 811 g/mol. The van der Waals surface area contributed by atoms with Gasteiger partial charge in [-0.3, -0.25) is 0 Å². The van der Waals surface area contributed by atoms with Crippen LogP contribution in [0.1, 0.15) is 0 Å². The van der Waals surface area contributed by atoms with Crippen LogP contribution in [0.25, 0.3) is 92.4 Å². The fourth-order valence-electron chi connectivity index (χ4n) is 7.31. The molecule has 9 rings (SSSR count). The molecule has 1 heterocycles. The molecule has 0 saturated heterocycles. The molecule has 0 saturated carbocycles. The molecule has 8 aromatic carbocycles. The van der Waals surface area contributed by atoms with Crippen LogP contribution in [0.2, 0.25) is 0 Å². The van der Waals surface area contributed by atoms with Gasteiger partial charge in [-0.25, -0.2) is 67.0 Å². The zero-order chi connectivity index (χ0) is 42.1. The van der Waals surface area contributed by atoms with Crippen molar-refractivity contribution in [3.05, 3.63) is 140 Å². The van der Waals surface area contributed by atoms with Gasteiger partial charge < -0.3 is 0 Å². The Hall–Kier alpha value is -7.67. The maximum atomic E-state index is 15.8. The second-order valence-electron chi connectivity index (χ2n) is 12.8. The third-order valence-electron chi connectivity index (χ3n) is 9.89. The van der Waals surface area contributed by atoms with Crippen molar-refractivity contribution in [3.63, 3.8) is 0 Å². The lowest BCUT2D eigenvalue weighted by Crippen LogP contribution is -2.06. The Bertz CT molecular complexity index is 3690. The number of hydrogen-bond donors (Lipinski definition) is 0. The normalized spacial score (nSPS) is 12.7. The van der Waals surface area contributed by atoms with Crippen LogP contribution in [0.5, 0.6) is 0 Å². The third-order valence-corrected chi connectivity index (χ3v) is 9.89. The highest BCUT2D eigenvalue weighted by molar-refractivity contribution is 6.15. The first-order chi connectivity index (χ1) is 28.1. The Labute approximate surface area is 316 Å². The van der Waals surface area contributed by atoms with Crippen LogP contribution in [0.15, 0.2) is 52.6 Å². The minimum atomic E-state index is -2.51. The summed E-state index contributed by atoms with van der Waals surface area (Å²) in [5, 5.41) is 6.80. The lowest BCUT2D eigenvalue weighted by molar-refractivity contribution is 0.412. The molecule has 0 unspecified atom stereocenters. The van der Waals surface area contributed by atoms with E-state index in [2.05, 4.69) is 25.0 Å². The summed E-state index contributed by atoms with van der Waals surface area (Å²) in [5.74, 6) is -28.6. The molecule has 0 N–H and O–H groups in total. The molecule has 1 aromatic heterocycles. The maximum absolute atomic E-state index is 15.8. The molecule has 19 heteroatoms. The Kier molecular flexibility index (Phi) is 7.93. The van der Waals surface area contributed by atoms with Gasteiger partial charge in [-0.15, -0.1) is 4.95 Å². The monoisotopic (exact) mass is 818 g/mol. The minimum Gasteiger partial charge on any atom is -0.241 e. The molecular formula is C40H7F13N6. The molecule has 0 aliphatic rings. The molecule has 0 aliphatic heterocycles. The van der Waals surface area contributed by atoms with E-state index in [9.17, 15) is 40.4 Å². The fourth-order valence-corrected chi connectivity index (χ4v) is 7.31. The van der Waals surface area contributed by atoms with Crippen molar-refractivity contribution in [1.82, 2.24) is 9.97 Å². The van der Waals surface area contributed by atoms with Gasteiger partial charge in [-0.1, -0.05) is 24.3 Å². The summed E-state index contributed by atoms with van der Waals surface area (Å²) in [5.41, 5.74) is -3.26. The fraction of sp³-hybridized carbons (Fsp3) is 0. The van der Waals surface area contributed by atoms with Gasteiger partial charge in [0.25, 0.3) is 0 Å². The first-order valence-electron chi connectivity index (χ1n) is 16.2. The van der Waals surface area contributed by atoms with E-state index in [4.69, 9.17) is 6.57 Å². The molecule has 0 spiro atoms. The number of halogens is 13. The number of nitrogens with zero attached hydrogens (tertiary/aromatic N) is 6. The zero-order valence-corrected chi connectivity index (χ0v) is 28.1. The van der Waals surface area contributed by atoms with E-state index in [0.29, 0.717) is 6.07 Å². The number of benzene rings is 6. The third kappa shape index (κ3) is 4.81. The molecule has 9 aromatic rings. The number of fused-ring (bicyclic) bond motifs is 8. The lowest BCUT2D eigenvalue weighted by Gasteiger charge is -2.13. The molecule has 0 bridgehead atoms. The van der Waals surface area contributed by atoms with Gasteiger partial charge in [0.05, 0.1) is 37.9 Å². The van der Waals surface area contributed by atoms with Crippen molar-refractivity contribution >= 4 is 65.2 Å². The SMILES string of the molecule is [C-]#[N+]/N=c1\c2cc(-c3cc4c(F)c(F)c(F)c(F)c4c(F)c3F)ccc2c2nc3c(=NC#N)c4cc(-c5c(F)c(F)c6c(F)c(F)c(F)c(F)c6c5F)ccc4c3nc12. The standard InChI is InChI=1S/C40H7F13N6/c1-55-59-38-16-6-10(14-8-17-19(26(45)22(14)41)27(46)32(51)31(50)23(17)42)2-4-13(16)37-40(38)58-36-12-5-3-11(7-15(12)35(56-9-54)39(36)57-37)18-24(43)20-21(28(47)25(18)44)30(49)34(53)33(52)29(20)48/h2-8H/b56-35?,59-38+. The van der Waals surface area contributed by atoms with Crippen LogP contribution in [0.4, 0.5) is 57.1 Å². The highest BCUT2D eigenvalue weighted by Gasteiger charge is 2.32. The largest absolute Gasteiger partial charge is 0.241 e. The van der Waals surface area contributed by atoms with Crippen LogP contribution in [-0.2, 0) is 0 Å². The second kappa shape index (κ2) is 12.7. The number of rotatable bonds is 2. The predicted molar refractivity (Wildman–Crippen MR) is 183 cm³/mol. The smallest absolute Gasteiger partial charge is 0.206 e. The molecule has 0 atom stereocenters. The summed E-state index contributed by atoms with van der Waals surface area (Å²) in [7, 11) is 0. The van der Waals surface area contributed by atoms with E-state index < -0.39 is 114 Å². The van der Waals surface area contributed by atoms with Gasteiger partial charge in [0.1, 0.15) is 22.2 Å². The van der Waals surface area contributed by atoms with Crippen LogP contribution in [-0.4, -0.2) is 9.97 Å². The number of aromatic nitrogens is 2. The molecule has 0 aliphatic carbocycles. The quantitative estimate of drug-likeness (QED) is 0.0435. The summed E-state index contributed by atoms with van der Waals surface area (Å²) in [6.45, 7) is 7.42.